The van der Waals surface area contributed by atoms with E-state index in [4.69, 9.17) is 24.2 Å². The van der Waals surface area contributed by atoms with Gasteiger partial charge in [0.25, 0.3) is 5.69 Å². The van der Waals surface area contributed by atoms with Crippen LogP contribution in [0, 0.1) is 27.9 Å². The lowest BCUT2D eigenvalue weighted by atomic mass is 9.55. The summed E-state index contributed by atoms with van der Waals surface area (Å²) >= 11 is 0. The van der Waals surface area contributed by atoms with Crippen LogP contribution in [0.1, 0.15) is 68.9 Å². The number of nitro groups is 1. The highest BCUT2D eigenvalue weighted by Crippen LogP contribution is 2.62. The third-order valence-corrected chi connectivity index (χ3v) is 12.5. The van der Waals surface area contributed by atoms with Crippen molar-refractivity contribution >= 4 is 23.4 Å². The number of unbranched alkanes of at least 4 members (excludes halogenated alkanes) is 2. The number of hydrogen-bond acceptors (Lipinski definition) is 10. The largest absolute Gasteiger partial charge is 0.459 e. The fourth-order valence-electron chi connectivity index (χ4n) is 9.56. The number of carbonyl (C=O) groups excluding carboxylic acids is 1. The molecule has 0 spiro atoms. The standard InChI is InChI=1S/C51H57N3O9/c1-4-31-60-51-47(53(3)48(57)28-19-35-17-22-39(23-18-35)54(58)59)34-45(52-61-5-2)43-32-38(15-9-11-29-55)42(16-10-12-30-56)49(50(43)51)44-33-41(26-27-46(44)63-51)62-40-24-20-37(21-25-40)36-13-7-6-8-14-36/h4,6-8,13-14,17-28,32-33,38,42,47,49-50,55-56H,1,5,9-12,15-16,29-31,34H2,2-3H3. The van der Waals surface area contributed by atoms with Gasteiger partial charge in [-0.25, -0.2) is 0 Å². The molecule has 4 aromatic carbocycles. The van der Waals surface area contributed by atoms with Gasteiger partial charge in [0.05, 0.1) is 23.2 Å². The molecule has 330 valence electrons. The van der Waals surface area contributed by atoms with Gasteiger partial charge in [0.1, 0.15) is 29.9 Å². The van der Waals surface area contributed by atoms with E-state index in [9.17, 15) is 25.1 Å². The molecule has 12 nitrogen and oxygen atoms in total. The summed E-state index contributed by atoms with van der Waals surface area (Å²) in [5.74, 6) is -0.335. The second kappa shape index (κ2) is 20.9. The van der Waals surface area contributed by atoms with Gasteiger partial charge in [-0.05, 0) is 115 Å². The van der Waals surface area contributed by atoms with Gasteiger partial charge in [0, 0.05) is 56.4 Å². The maximum absolute atomic E-state index is 14.3. The van der Waals surface area contributed by atoms with E-state index in [1.165, 1.54) is 18.2 Å². The average molecular weight is 856 g/mol. The molecule has 0 radical (unpaired) electrons. The second-order valence-electron chi connectivity index (χ2n) is 16.3. The molecule has 1 heterocycles. The number of amides is 1. The number of benzene rings is 4. The summed E-state index contributed by atoms with van der Waals surface area (Å²) in [6.07, 6.45) is 11.9. The van der Waals surface area contributed by atoms with Crippen molar-refractivity contribution in [2.24, 2.45) is 22.9 Å². The Hall–Kier alpha value is -6.08. The van der Waals surface area contributed by atoms with E-state index in [-0.39, 0.29) is 55.6 Å². The predicted molar refractivity (Wildman–Crippen MR) is 243 cm³/mol. The number of nitro benzene ring substituents is 1. The first-order chi connectivity index (χ1) is 30.7. The Kier molecular flexibility index (Phi) is 14.9. The summed E-state index contributed by atoms with van der Waals surface area (Å²) in [5.41, 5.74) is 5.38. The van der Waals surface area contributed by atoms with Gasteiger partial charge in [0.2, 0.25) is 11.7 Å². The van der Waals surface area contributed by atoms with Gasteiger partial charge in [-0.2, -0.15) is 0 Å². The Morgan fingerprint density at radius 3 is 2.33 bits per heavy atom. The van der Waals surface area contributed by atoms with Crippen LogP contribution in [0.15, 0.2) is 133 Å². The first kappa shape index (κ1) is 45.0. The Morgan fingerprint density at radius 2 is 1.65 bits per heavy atom. The maximum Gasteiger partial charge on any atom is 0.269 e. The molecule has 1 fully saturated rings. The summed E-state index contributed by atoms with van der Waals surface area (Å²) < 4.78 is 20.8. The molecule has 0 bridgehead atoms. The molecule has 4 aromatic rings. The molecule has 2 N–H and O–H groups in total. The van der Waals surface area contributed by atoms with E-state index in [0.717, 1.165) is 47.9 Å². The second-order valence-corrected chi connectivity index (χ2v) is 16.3. The van der Waals surface area contributed by atoms with E-state index in [0.29, 0.717) is 48.0 Å². The normalized spacial score (nSPS) is 23.0. The summed E-state index contributed by atoms with van der Waals surface area (Å²) in [7, 11) is 1.73. The van der Waals surface area contributed by atoms with Crippen LogP contribution in [0.3, 0.4) is 0 Å². The first-order valence-corrected chi connectivity index (χ1v) is 21.9. The average Bonchev–Trinajstić information content (AvgIpc) is 3.31. The quantitative estimate of drug-likeness (QED) is 0.0291. The van der Waals surface area contributed by atoms with Crippen LogP contribution >= 0.6 is 0 Å². The molecule has 1 saturated carbocycles. The lowest BCUT2D eigenvalue weighted by molar-refractivity contribution is -0.384. The van der Waals surface area contributed by atoms with Crippen LogP contribution in [-0.4, -0.2) is 77.0 Å². The smallest absolute Gasteiger partial charge is 0.269 e. The molecule has 3 aliphatic rings. The predicted octanol–water partition coefficient (Wildman–Crippen LogP) is 9.88. The van der Waals surface area contributed by atoms with Gasteiger partial charge in [-0.3, -0.25) is 14.9 Å². The van der Waals surface area contributed by atoms with Crippen LogP contribution in [0.4, 0.5) is 5.69 Å². The van der Waals surface area contributed by atoms with Crippen LogP contribution in [0.25, 0.3) is 17.2 Å². The Balaban J connectivity index is 1.34. The van der Waals surface area contributed by atoms with E-state index in [1.807, 2.05) is 61.5 Å². The minimum Gasteiger partial charge on any atom is -0.459 e. The molecule has 7 rings (SSSR count). The topological polar surface area (TPSA) is 153 Å². The minimum absolute atomic E-state index is 0.0395. The third kappa shape index (κ3) is 9.94. The summed E-state index contributed by atoms with van der Waals surface area (Å²) in [6.45, 7) is 6.54. The van der Waals surface area contributed by atoms with Gasteiger partial charge < -0.3 is 34.2 Å². The highest BCUT2D eigenvalue weighted by molar-refractivity contribution is 6.03. The number of carbonyl (C=O) groups is 1. The number of fused-ring (bicyclic) bond motifs is 2. The fourth-order valence-corrected chi connectivity index (χ4v) is 9.56. The van der Waals surface area contributed by atoms with E-state index < -0.39 is 22.7 Å². The van der Waals surface area contributed by atoms with Crippen LogP contribution in [0.2, 0.25) is 0 Å². The molecule has 1 amide bonds. The van der Waals surface area contributed by atoms with E-state index in [1.54, 1.807) is 36.2 Å². The summed E-state index contributed by atoms with van der Waals surface area (Å²) in [5, 5.41) is 35.8. The first-order valence-electron chi connectivity index (χ1n) is 21.9. The molecule has 0 aromatic heterocycles. The van der Waals surface area contributed by atoms with Gasteiger partial charge in [0.15, 0.2) is 0 Å². The molecule has 63 heavy (non-hydrogen) atoms. The number of allylic oxidation sites excluding steroid dienone is 1. The molecule has 0 saturated heterocycles. The summed E-state index contributed by atoms with van der Waals surface area (Å²) in [4.78, 5) is 32.6. The lowest BCUT2D eigenvalue weighted by Gasteiger charge is -2.59. The van der Waals surface area contributed by atoms with Gasteiger partial charge in [-0.1, -0.05) is 72.6 Å². The number of nitrogens with zero attached hydrogens (tertiary/aromatic N) is 3. The minimum atomic E-state index is -1.41. The maximum atomic E-state index is 14.3. The molecular formula is C51H57N3O9. The van der Waals surface area contributed by atoms with Crippen molar-refractivity contribution in [3.8, 4) is 28.4 Å². The van der Waals surface area contributed by atoms with Crippen molar-refractivity contribution < 1.29 is 39.0 Å². The summed E-state index contributed by atoms with van der Waals surface area (Å²) in [6, 6.07) is 29.4. The third-order valence-electron chi connectivity index (χ3n) is 12.5. The number of rotatable bonds is 20. The van der Waals surface area contributed by atoms with Crippen molar-refractivity contribution in [1.82, 2.24) is 4.90 Å². The Labute approximate surface area is 369 Å². The fraction of sp³-hybridized carbons (Fsp3) is 0.373. The number of hydrogen-bond donors (Lipinski definition) is 2. The monoisotopic (exact) mass is 855 g/mol. The number of likely N-dealkylation sites (N-methyl/N-ethyl adjacent to an activating group) is 1. The SMILES string of the molecule is C=CCOC12Oc3ccc(Oc4ccc(-c5ccccc5)cc4)cc3C3C(CCCCO)C(CCCCO)C=C(C(=NOCC)CC1N(C)C(=O)C=Cc1ccc([N+](=O)[O-])cc1)C32. The van der Waals surface area contributed by atoms with Crippen LogP contribution < -0.4 is 9.47 Å². The molecular weight excluding hydrogens is 799 g/mol. The van der Waals surface area contributed by atoms with Gasteiger partial charge >= 0.3 is 0 Å². The van der Waals surface area contributed by atoms with Crippen molar-refractivity contribution in [3.63, 3.8) is 0 Å². The van der Waals surface area contributed by atoms with Crippen LogP contribution in [0.5, 0.6) is 17.2 Å². The Morgan fingerprint density at radius 1 is 0.952 bits per heavy atom. The molecule has 6 atom stereocenters. The van der Waals surface area contributed by atoms with Crippen molar-refractivity contribution in [3.05, 3.63) is 149 Å². The van der Waals surface area contributed by atoms with Crippen molar-refractivity contribution in [2.45, 2.75) is 69.6 Å². The number of ether oxygens (including phenoxy) is 3. The van der Waals surface area contributed by atoms with Crippen molar-refractivity contribution in [2.75, 3.05) is 33.5 Å². The zero-order chi connectivity index (χ0) is 44.3. The van der Waals surface area contributed by atoms with Crippen LogP contribution in [-0.2, 0) is 14.4 Å². The molecule has 1 aliphatic heterocycles. The Bertz CT molecular complexity index is 2290. The number of oxime groups is 1. The van der Waals surface area contributed by atoms with E-state index in [2.05, 4.69) is 30.9 Å². The highest BCUT2D eigenvalue weighted by Gasteiger charge is 2.65. The number of aliphatic hydroxyl groups excluding tert-OH is 2. The van der Waals surface area contributed by atoms with Crippen molar-refractivity contribution in [1.29, 1.82) is 0 Å². The number of aliphatic hydroxyl groups is 2. The number of non-ortho nitro benzene ring substituents is 1. The van der Waals surface area contributed by atoms with E-state index >= 15 is 0 Å². The zero-order valence-electron chi connectivity index (χ0n) is 36.0. The molecule has 6 unspecified atom stereocenters. The zero-order valence-corrected chi connectivity index (χ0v) is 36.0. The lowest BCUT2D eigenvalue weighted by Crippen LogP contribution is -2.69. The molecule has 2 aliphatic carbocycles. The van der Waals surface area contributed by atoms with Gasteiger partial charge in [-0.15, -0.1) is 6.58 Å². The molecule has 12 heteroatoms. The highest BCUT2D eigenvalue weighted by atomic mass is 16.7.